The minimum Gasteiger partial charge on any atom is -0.397 e. The van der Waals surface area contributed by atoms with Gasteiger partial charge in [0.2, 0.25) is 5.91 Å². The Morgan fingerprint density at radius 2 is 2.26 bits per heavy atom. The lowest BCUT2D eigenvalue weighted by atomic mass is 10.1. The third-order valence-electron chi connectivity index (χ3n) is 3.17. The van der Waals surface area contributed by atoms with Gasteiger partial charge in [0.1, 0.15) is 0 Å². The normalized spacial score (nSPS) is 18.6. The number of hydrogen-bond donors (Lipinski definition) is 4. The topological polar surface area (TPSA) is 96.2 Å². The molecule has 1 saturated heterocycles. The molecule has 0 aromatic heterocycles. The summed E-state index contributed by atoms with van der Waals surface area (Å²) in [5.41, 5.74) is 7.76. The van der Waals surface area contributed by atoms with E-state index in [0.717, 1.165) is 12.1 Å². The molecule has 1 aromatic rings. The number of benzene rings is 1. The SMILES string of the molecule is CNC(=O)c1ccc(N)c(NC2CCC(=O)NC2)c1. The number of rotatable bonds is 3. The smallest absolute Gasteiger partial charge is 0.251 e. The summed E-state index contributed by atoms with van der Waals surface area (Å²) in [5.74, 6) is -0.0786. The summed E-state index contributed by atoms with van der Waals surface area (Å²) in [7, 11) is 1.59. The number of nitrogens with one attached hydrogen (secondary N) is 3. The third kappa shape index (κ3) is 3.15. The van der Waals surface area contributed by atoms with Crippen LogP contribution < -0.4 is 21.7 Å². The minimum absolute atomic E-state index is 0.0742. The summed E-state index contributed by atoms with van der Waals surface area (Å²) in [6.07, 6.45) is 1.27. The van der Waals surface area contributed by atoms with Gasteiger partial charge in [-0.05, 0) is 24.6 Å². The van der Waals surface area contributed by atoms with Crippen molar-refractivity contribution in [1.82, 2.24) is 10.6 Å². The molecule has 2 rings (SSSR count). The van der Waals surface area contributed by atoms with Crippen molar-refractivity contribution in [2.45, 2.75) is 18.9 Å². The van der Waals surface area contributed by atoms with Gasteiger partial charge in [0.15, 0.2) is 0 Å². The minimum atomic E-state index is -0.153. The van der Waals surface area contributed by atoms with Gasteiger partial charge in [0, 0.05) is 31.6 Å². The first kappa shape index (κ1) is 13.2. The van der Waals surface area contributed by atoms with E-state index >= 15 is 0 Å². The Kier molecular flexibility index (Phi) is 3.89. The molecule has 102 valence electrons. The number of nitrogens with two attached hydrogens (primary N) is 1. The van der Waals surface area contributed by atoms with E-state index in [-0.39, 0.29) is 17.9 Å². The van der Waals surface area contributed by atoms with Gasteiger partial charge < -0.3 is 21.7 Å². The van der Waals surface area contributed by atoms with Gasteiger partial charge in [-0.25, -0.2) is 0 Å². The molecule has 5 N–H and O–H groups in total. The second-order valence-electron chi connectivity index (χ2n) is 4.57. The molecule has 1 atom stereocenters. The largest absolute Gasteiger partial charge is 0.397 e. The van der Waals surface area contributed by atoms with Crippen molar-refractivity contribution < 1.29 is 9.59 Å². The Labute approximate surface area is 111 Å². The van der Waals surface area contributed by atoms with E-state index in [1.54, 1.807) is 25.2 Å². The van der Waals surface area contributed by atoms with Gasteiger partial charge in [0.25, 0.3) is 5.91 Å². The van der Waals surface area contributed by atoms with Crippen LogP contribution in [-0.2, 0) is 4.79 Å². The van der Waals surface area contributed by atoms with Crippen molar-refractivity contribution in [2.75, 3.05) is 24.6 Å². The van der Waals surface area contributed by atoms with Crippen molar-refractivity contribution in [1.29, 1.82) is 0 Å². The van der Waals surface area contributed by atoms with Crippen molar-refractivity contribution in [2.24, 2.45) is 0 Å². The molecule has 0 saturated carbocycles. The van der Waals surface area contributed by atoms with E-state index < -0.39 is 0 Å². The molecule has 1 aromatic carbocycles. The fraction of sp³-hybridized carbons (Fsp3) is 0.385. The van der Waals surface area contributed by atoms with Gasteiger partial charge >= 0.3 is 0 Å². The molecular formula is C13H18N4O2. The van der Waals surface area contributed by atoms with Crippen molar-refractivity contribution in [3.05, 3.63) is 23.8 Å². The third-order valence-corrected chi connectivity index (χ3v) is 3.17. The van der Waals surface area contributed by atoms with Crippen LogP contribution in [0, 0.1) is 0 Å². The molecule has 0 aliphatic carbocycles. The molecule has 6 heteroatoms. The standard InChI is InChI=1S/C13H18N4O2/c1-15-13(19)8-2-4-10(14)11(6-8)17-9-3-5-12(18)16-7-9/h2,4,6,9,17H,3,5,7,14H2,1H3,(H,15,19)(H,16,18). The van der Waals surface area contributed by atoms with Crippen LogP contribution >= 0.6 is 0 Å². The molecule has 1 aliphatic rings. The van der Waals surface area contributed by atoms with E-state index in [4.69, 9.17) is 5.73 Å². The Bertz CT molecular complexity index is 491. The fourth-order valence-electron chi connectivity index (χ4n) is 2.04. The molecule has 2 amide bonds. The summed E-state index contributed by atoms with van der Waals surface area (Å²) in [6, 6.07) is 5.25. The Hall–Kier alpha value is -2.24. The highest BCUT2D eigenvalue weighted by molar-refractivity contribution is 5.96. The van der Waals surface area contributed by atoms with Crippen molar-refractivity contribution in [3.63, 3.8) is 0 Å². The summed E-state index contributed by atoms with van der Waals surface area (Å²) in [4.78, 5) is 22.7. The predicted molar refractivity (Wildman–Crippen MR) is 73.9 cm³/mol. The maximum absolute atomic E-state index is 11.6. The number of amides is 2. The van der Waals surface area contributed by atoms with Crippen LogP contribution in [0.15, 0.2) is 18.2 Å². The first-order valence-corrected chi connectivity index (χ1v) is 6.25. The molecule has 19 heavy (non-hydrogen) atoms. The maximum atomic E-state index is 11.6. The number of carbonyl (C=O) groups is 2. The molecule has 0 radical (unpaired) electrons. The molecule has 1 aliphatic heterocycles. The van der Waals surface area contributed by atoms with Crippen LogP contribution in [0.5, 0.6) is 0 Å². The van der Waals surface area contributed by atoms with Crippen molar-refractivity contribution in [3.8, 4) is 0 Å². The lowest BCUT2D eigenvalue weighted by Gasteiger charge is -2.25. The zero-order valence-corrected chi connectivity index (χ0v) is 10.8. The lowest BCUT2D eigenvalue weighted by molar-refractivity contribution is -0.122. The molecule has 1 unspecified atom stereocenters. The molecule has 0 bridgehead atoms. The highest BCUT2D eigenvalue weighted by atomic mass is 16.2. The van der Waals surface area contributed by atoms with Crippen LogP contribution in [0.2, 0.25) is 0 Å². The van der Waals surface area contributed by atoms with Gasteiger partial charge in [-0.2, -0.15) is 0 Å². The number of anilines is 2. The number of nitrogen functional groups attached to an aromatic ring is 1. The Morgan fingerprint density at radius 1 is 1.47 bits per heavy atom. The first-order chi connectivity index (χ1) is 9.10. The number of piperidine rings is 1. The highest BCUT2D eigenvalue weighted by Crippen LogP contribution is 2.22. The summed E-state index contributed by atoms with van der Waals surface area (Å²) in [5, 5.41) is 8.64. The maximum Gasteiger partial charge on any atom is 0.251 e. The van der Waals surface area contributed by atoms with Crippen LogP contribution in [0.3, 0.4) is 0 Å². The zero-order valence-electron chi connectivity index (χ0n) is 10.8. The van der Waals surface area contributed by atoms with Crippen LogP contribution in [0.4, 0.5) is 11.4 Å². The van der Waals surface area contributed by atoms with Gasteiger partial charge in [-0.3, -0.25) is 9.59 Å². The molecule has 0 spiro atoms. The van der Waals surface area contributed by atoms with Crippen LogP contribution in [-0.4, -0.2) is 31.4 Å². The fourth-order valence-corrected chi connectivity index (χ4v) is 2.04. The molecule has 1 heterocycles. The first-order valence-electron chi connectivity index (χ1n) is 6.25. The van der Waals surface area contributed by atoms with Gasteiger partial charge in [-0.15, -0.1) is 0 Å². The van der Waals surface area contributed by atoms with Crippen LogP contribution in [0.25, 0.3) is 0 Å². The second-order valence-corrected chi connectivity index (χ2v) is 4.57. The van der Waals surface area contributed by atoms with E-state index in [2.05, 4.69) is 16.0 Å². The lowest BCUT2D eigenvalue weighted by Crippen LogP contribution is -2.42. The quantitative estimate of drug-likeness (QED) is 0.590. The Balaban J connectivity index is 2.10. The average Bonchev–Trinajstić information content (AvgIpc) is 2.43. The summed E-state index contributed by atoms with van der Waals surface area (Å²) < 4.78 is 0. The molecular weight excluding hydrogens is 244 g/mol. The van der Waals surface area contributed by atoms with E-state index in [0.29, 0.717) is 24.2 Å². The molecule has 1 fully saturated rings. The number of carbonyl (C=O) groups excluding carboxylic acids is 2. The van der Waals surface area contributed by atoms with E-state index in [1.807, 2.05) is 0 Å². The number of hydrogen-bond acceptors (Lipinski definition) is 4. The summed E-state index contributed by atoms with van der Waals surface area (Å²) >= 11 is 0. The highest BCUT2D eigenvalue weighted by Gasteiger charge is 2.18. The van der Waals surface area contributed by atoms with Gasteiger partial charge in [-0.1, -0.05) is 0 Å². The van der Waals surface area contributed by atoms with Gasteiger partial charge in [0.05, 0.1) is 11.4 Å². The zero-order chi connectivity index (χ0) is 13.8. The predicted octanol–water partition coefficient (Wildman–Crippen LogP) is 0.319. The average molecular weight is 262 g/mol. The summed E-state index contributed by atoms with van der Waals surface area (Å²) in [6.45, 7) is 0.572. The van der Waals surface area contributed by atoms with E-state index in [1.165, 1.54) is 0 Å². The van der Waals surface area contributed by atoms with Crippen LogP contribution in [0.1, 0.15) is 23.2 Å². The Morgan fingerprint density at radius 3 is 2.89 bits per heavy atom. The second kappa shape index (κ2) is 5.60. The molecule has 6 nitrogen and oxygen atoms in total. The monoisotopic (exact) mass is 262 g/mol. The van der Waals surface area contributed by atoms with Crippen molar-refractivity contribution >= 4 is 23.2 Å². The van der Waals surface area contributed by atoms with E-state index in [9.17, 15) is 9.59 Å².